The van der Waals surface area contributed by atoms with Crippen LogP contribution in [-0.2, 0) is 12.7 Å². The van der Waals surface area contributed by atoms with Crippen LogP contribution in [0.3, 0.4) is 0 Å². The molecule has 4 aromatic rings. The summed E-state index contributed by atoms with van der Waals surface area (Å²) in [5.41, 5.74) is 1.16. The van der Waals surface area contributed by atoms with Crippen LogP contribution in [0.25, 0.3) is 0 Å². The first kappa shape index (κ1) is 25.0. The normalized spacial score (nSPS) is 11.3. The Morgan fingerprint density at radius 1 is 1.00 bits per heavy atom. The molecule has 0 aliphatic rings. The minimum absolute atomic E-state index is 0.00250. The molecule has 0 aliphatic carbocycles. The molecule has 2 amide bonds. The number of halogens is 4. The van der Waals surface area contributed by atoms with Gasteiger partial charge in [-0.2, -0.15) is 13.2 Å². The summed E-state index contributed by atoms with van der Waals surface area (Å²) in [4.78, 5) is 24.2. The Kier molecular flexibility index (Phi) is 7.11. The first-order valence-electron chi connectivity index (χ1n) is 10.6. The smallest absolute Gasteiger partial charge is 0.416 e. The first-order chi connectivity index (χ1) is 17.1. The number of anilines is 2. The average Bonchev–Trinajstić information content (AvgIpc) is 3.13. The number of hydrogen-bond acceptors (Lipinski definition) is 5. The quantitative estimate of drug-likeness (QED) is 0.287. The molecule has 0 aliphatic heterocycles. The van der Waals surface area contributed by atoms with Crippen LogP contribution < -0.4 is 15.4 Å². The van der Waals surface area contributed by atoms with E-state index in [1.807, 2.05) is 0 Å². The van der Waals surface area contributed by atoms with E-state index in [0.717, 1.165) is 17.5 Å². The molecule has 2 aromatic heterocycles. The number of carbonyl (C=O) groups is 1. The molecule has 0 spiro atoms. The van der Waals surface area contributed by atoms with Crippen LogP contribution >= 0.6 is 11.6 Å². The lowest BCUT2D eigenvalue weighted by atomic mass is 10.1. The number of nitrogens with zero attached hydrogens (tertiary/aromatic N) is 4. The van der Waals surface area contributed by atoms with Gasteiger partial charge < -0.3 is 19.9 Å². The summed E-state index contributed by atoms with van der Waals surface area (Å²) in [5, 5.41) is 5.23. The monoisotopic (exact) mass is 516 g/mol. The van der Waals surface area contributed by atoms with Crippen LogP contribution in [0.5, 0.6) is 11.6 Å². The molecule has 186 valence electrons. The maximum absolute atomic E-state index is 13.8. The van der Waals surface area contributed by atoms with E-state index in [4.69, 9.17) is 16.3 Å². The minimum Gasteiger partial charge on any atom is -0.439 e. The van der Waals surface area contributed by atoms with Crippen molar-refractivity contribution in [2.24, 2.45) is 0 Å². The lowest BCUT2D eigenvalue weighted by molar-refractivity contribution is -0.138. The second kappa shape index (κ2) is 10.2. The van der Waals surface area contributed by atoms with Gasteiger partial charge in [-0.3, -0.25) is 0 Å². The van der Waals surface area contributed by atoms with Gasteiger partial charge in [0.25, 0.3) is 0 Å². The summed E-state index contributed by atoms with van der Waals surface area (Å²) in [6.45, 7) is 3.58. The van der Waals surface area contributed by atoms with E-state index in [0.29, 0.717) is 11.4 Å². The van der Waals surface area contributed by atoms with Crippen LogP contribution in [0.2, 0.25) is 5.15 Å². The molecule has 0 radical (unpaired) electrons. The highest BCUT2D eigenvalue weighted by Gasteiger charge is 2.34. The number of hydrogen-bond donors (Lipinski definition) is 2. The molecule has 0 saturated carbocycles. The molecule has 0 saturated heterocycles. The van der Waals surface area contributed by atoms with Crippen LogP contribution in [0, 0.1) is 13.8 Å². The maximum Gasteiger partial charge on any atom is 0.416 e. The summed E-state index contributed by atoms with van der Waals surface area (Å²) in [6.07, 6.45) is -1.84. The van der Waals surface area contributed by atoms with E-state index >= 15 is 0 Å². The molecular formula is C24H20ClF3N6O2. The van der Waals surface area contributed by atoms with Crippen LogP contribution in [0.15, 0.2) is 61.2 Å². The largest absolute Gasteiger partial charge is 0.439 e. The van der Waals surface area contributed by atoms with Gasteiger partial charge in [-0.25, -0.2) is 19.7 Å². The van der Waals surface area contributed by atoms with E-state index in [2.05, 4.69) is 25.6 Å². The number of ether oxygens (including phenoxy) is 1. The lowest BCUT2D eigenvalue weighted by Gasteiger charge is -2.16. The van der Waals surface area contributed by atoms with Crippen molar-refractivity contribution in [2.45, 2.75) is 26.6 Å². The molecular weight excluding hydrogens is 497 g/mol. The van der Waals surface area contributed by atoms with Gasteiger partial charge in [0.15, 0.2) is 0 Å². The zero-order valence-corrected chi connectivity index (χ0v) is 19.9. The Balaban J connectivity index is 1.43. The van der Waals surface area contributed by atoms with Crippen molar-refractivity contribution in [3.63, 3.8) is 0 Å². The number of aryl methyl sites for hydroxylation is 1. The second-order valence-electron chi connectivity index (χ2n) is 7.80. The zero-order valence-electron chi connectivity index (χ0n) is 19.1. The summed E-state index contributed by atoms with van der Waals surface area (Å²) < 4.78 is 48.5. The molecule has 8 nitrogen and oxygen atoms in total. The van der Waals surface area contributed by atoms with Gasteiger partial charge in [0.05, 0.1) is 17.6 Å². The predicted octanol–water partition coefficient (Wildman–Crippen LogP) is 6.45. The van der Waals surface area contributed by atoms with Crippen molar-refractivity contribution in [2.75, 3.05) is 10.6 Å². The van der Waals surface area contributed by atoms with E-state index < -0.39 is 17.8 Å². The third-order valence-electron chi connectivity index (χ3n) is 5.30. The minimum atomic E-state index is -4.60. The number of carbonyl (C=O) groups excluding carboxylic acids is 1. The fraction of sp³-hybridized carbons (Fsp3) is 0.167. The van der Waals surface area contributed by atoms with Gasteiger partial charge in [-0.15, -0.1) is 0 Å². The van der Waals surface area contributed by atoms with Crippen molar-refractivity contribution in [1.82, 2.24) is 19.5 Å². The molecule has 12 heteroatoms. The van der Waals surface area contributed by atoms with Gasteiger partial charge in [0.2, 0.25) is 5.88 Å². The van der Waals surface area contributed by atoms with Gasteiger partial charge in [0.1, 0.15) is 17.2 Å². The number of alkyl halides is 3. The zero-order chi connectivity index (χ0) is 25.9. The highest BCUT2D eigenvalue weighted by molar-refractivity contribution is 6.29. The lowest BCUT2D eigenvalue weighted by Crippen LogP contribution is -2.20. The number of nitrogens with one attached hydrogen (secondary N) is 2. The van der Waals surface area contributed by atoms with Crippen LogP contribution in [0.4, 0.5) is 29.3 Å². The topological polar surface area (TPSA) is 94.0 Å². The number of imidazole rings is 1. The first-order valence-corrected chi connectivity index (χ1v) is 11.0. The standard InChI is InChI=1S/C24H20ClF3N6O2/c1-14-15(2)34(13-31-14)11-16-3-4-18(9-20(16)24(26,27)28)33-23(35)32-17-5-7-19(8-6-17)36-22-10-21(25)29-12-30-22/h3-10,12-13H,11H2,1-2H3,(H2,32,33,35). The van der Waals surface area contributed by atoms with Gasteiger partial charge in [0, 0.05) is 29.7 Å². The van der Waals surface area contributed by atoms with E-state index in [-0.39, 0.29) is 28.8 Å². The molecule has 0 bridgehead atoms. The van der Waals surface area contributed by atoms with Gasteiger partial charge in [-0.05, 0) is 55.8 Å². The summed E-state index contributed by atoms with van der Waals surface area (Å²) >= 11 is 5.80. The second-order valence-corrected chi connectivity index (χ2v) is 8.18. The van der Waals surface area contributed by atoms with Gasteiger partial charge in [-0.1, -0.05) is 17.7 Å². The number of urea groups is 1. The molecule has 2 heterocycles. The van der Waals surface area contributed by atoms with Crippen molar-refractivity contribution >= 4 is 29.0 Å². The number of rotatable bonds is 6. The Labute approximate surface area is 209 Å². The molecule has 36 heavy (non-hydrogen) atoms. The van der Waals surface area contributed by atoms with E-state index in [1.165, 1.54) is 30.9 Å². The Morgan fingerprint density at radius 2 is 1.69 bits per heavy atom. The van der Waals surface area contributed by atoms with Crippen molar-refractivity contribution in [3.8, 4) is 11.6 Å². The maximum atomic E-state index is 13.8. The average molecular weight is 517 g/mol. The Hall–Kier alpha value is -4.12. The number of amides is 2. The molecule has 0 atom stereocenters. The third-order valence-corrected chi connectivity index (χ3v) is 5.51. The molecule has 2 aromatic carbocycles. The number of benzene rings is 2. The Bertz CT molecular complexity index is 1390. The third kappa shape index (κ3) is 6.11. The van der Waals surface area contributed by atoms with E-state index in [1.54, 1.807) is 42.7 Å². The fourth-order valence-corrected chi connectivity index (χ4v) is 3.47. The number of aromatic nitrogens is 4. The van der Waals surface area contributed by atoms with Crippen LogP contribution in [0.1, 0.15) is 22.5 Å². The summed E-state index contributed by atoms with van der Waals surface area (Å²) in [7, 11) is 0. The fourth-order valence-electron chi connectivity index (χ4n) is 3.34. The molecule has 0 fully saturated rings. The van der Waals surface area contributed by atoms with Crippen molar-refractivity contribution in [1.29, 1.82) is 0 Å². The van der Waals surface area contributed by atoms with E-state index in [9.17, 15) is 18.0 Å². The van der Waals surface area contributed by atoms with Gasteiger partial charge >= 0.3 is 12.2 Å². The van der Waals surface area contributed by atoms with Crippen molar-refractivity contribution < 1.29 is 22.7 Å². The highest BCUT2D eigenvalue weighted by Crippen LogP contribution is 2.34. The molecule has 4 rings (SSSR count). The molecule has 2 N–H and O–H groups in total. The molecule has 0 unspecified atom stereocenters. The SMILES string of the molecule is Cc1ncn(Cc2ccc(NC(=O)Nc3ccc(Oc4cc(Cl)ncn4)cc3)cc2C(F)(F)F)c1C. The summed E-state index contributed by atoms with van der Waals surface area (Å²) in [5.74, 6) is 0.681. The highest BCUT2D eigenvalue weighted by atomic mass is 35.5. The van der Waals surface area contributed by atoms with Crippen molar-refractivity contribution in [3.05, 3.63) is 88.9 Å². The Morgan fingerprint density at radius 3 is 2.33 bits per heavy atom. The summed E-state index contributed by atoms with van der Waals surface area (Å²) in [6, 6.07) is 10.7. The predicted molar refractivity (Wildman–Crippen MR) is 128 cm³/mol. The van der Waals surface area contributed by atoms with Crippen LogP contribution in [-0.4, -0.2) is 25.6 Å².